The van der Waals surface area contributed by atoms with E-state index in [-0.39, 0.29) is 10.8 Å². The van der Waals surface area contributed by atoms with E-state index in [0.717, 1.165) is 37.9 Å². The molecule has 0 saturated carbocycles. The van der Waals surface area contributed by atoms with Crippen LogP contribution in [0, 0.1) is 5.82 Å². The first-order valence-electron chi connectivity index (χ1n) is 8.35. The maximum atomic E-state index is 14.4. The van der Waals surface area contributed by atoms with Gasteiger partial charge in [-0.15, -0.1) is 0 Å². The molecule has 0 radical (unpaired) electrons. The van der Waals surface area contributed by atoms with Crippen LogP contribution in [0.15, 0.2) is 36.9 Å². The lowest BCUT2D eigenvalue weighted by Gasteiger charge is -2.31. The summed E-state index contributed by atoms with van der Waals surface area (Å²) in [6, 6.07) is 5.61. The van der Waals surface area contributed by atoms with Crippen LogP contribution in [0.1, 0.15) is 30.4 Å². The summed E-state index contributed by atoms with van der Waals surface area (Å²) < 4.78 is 14.4. The number of nitrogens with one attached hydrogen (secondary N) is 1. The summed E-state index contributed by atoms with van der Waals surface area (Å²) in [5.74, 6) is -0.319. The molecule has 3 rings (SSSR count). The van der Waals surface area contributed by atoms with Crippen LogP contribution in [-0.4, -0.2) is 34.0 Å². The smallest absolute Gasteiger partial charge is 0.146 e. The average molecular weight is 349 g/mol. The molecule has 2 heterocycles. The van der Waals surface area contributed by atoms with E-state index in [9.17, 15) is 4.39 Å². The Bertz CT molecular complexity index is 645. The Hall–Kier alpha value is -1.56. The molecule has 1 aromatic heterocycles. The second-order valence-corrected chi connectivity index (χ2v) is 6.61. The van der Waals surface area contributed by atoms with E-state index < -0.39 is 0 Å². The molecule has 1 aromatic carbocycles. The minimum absolute atomic E-state index is 0.179. The van der Waals surface area contributed by atoms with E-state index in [1.165, 1.54) is 6.33 Å². The van der Waals surface area contributed by atoms with Crippen LogP contribution in [0.2, 0.25) is 5.02 Å². The van der Waals surface area contributed by atoms with Gasteiger partial charge in [0.2, 0.25) is 0 Å². The molecule has 1 N–H and O–H groups in total. The molecule has 1 aliphatic heterocycles. The molecule has 1 aliphatic rings. The van der Waals surface area contributed by atoms with Crippen LogP contribution >= 0.6 is 11.6 Å². The Morgan fingerprint density at radius 1 is 1.17 bits per heavy atom. The first-order valence-corrected chi connectivity index (χ1v) is 8.73. The maximum absolute atomic E-state index is 14.4. The van der Waals surface area contributed by atoms with E-state index in [1.807, 2.05) is 18.5 Å². The maximum Gasteiger partial charge on any atom is 0.146 e. The van der Waals surface area contributed by atoms with Gasteiger partial charge in [-0.1, -0.05) is 23.7 Å². The Morgan fingerprint density at radius 3 is 2.83 bits per heavy atom. The van der Waals surface area contributed by atoms with E-state index in [4.69, 9.17) is 11.6 Å². The quantitative estimate of drug-likeness (QED) is 0.899. The van der Waals surface area contributed by atoms with Crippen molar-refractivity contribution in [3.05, 3.63) is 58.9 Å². The van der Waals surface area contributed by atoms with Gasteiger partial charge >= 0.3 is 0 Å². The predicted octanol–water partition coefficient (Wildman–Crippen LogP) is 3.41. The lowest BCUT2D eigenvalue weighted by Crippen LogP contribution is -2.35. The minimum atomic E-state index is -0.319. The van der Waals surface area contributed by atoms with Gasteiger partial charge in [-0.2, -0.15) is 0 Å². The van der Waals surface area contributed by atoms with Crippen molar-refractivity contribution in [2.24, 2.45) is 0 Å². The molecule has 1 atom stereocenters. The van der Waals surface area contributed by atoms with Crippen molar-refractivity contribution in [1.82, 2.24) is 20.2 Å². The highest BCUT2D eigenvalue weighted by atomic mass is 35.5. The molecular weight excluding hydrogens is 327 g/mol. The molecule has 24 heavy (non-hydrogen) atoms. The molecule has 1 fully saturated rings. The lowest BCUT2D eigenvalue weighted by molar-refractivity contribution is 0.162. The Balaban J connectivity index is 1.81. The fourth-order valence-electron chi connectivity index (χ4n) is 3.22. The SMILES string of the molecule is Fc1c(Cl)cccc1CN(Cc1cncnc1)C1CCCNCC1. The van der Waals surface area contributed by atoms with Crippen molar-refractivity contribution < 1.29 is 4.39 Å². The fourth-order valence-corrected chi connectivity index (χ4v) is 3.41. The van der Waals surface area contributed by atoms with E-state index in [1.54, 1.807) is 12.1 Å². The summed E-state index contributed by atoms with van der Waals surface area (Å²) in [4.78, 5) is 10.5. The number of benzene rings is 1. The predicted molar refractivity (Wildman–Crippen MR) is 93.2 cm³/mol. The average Bonchev–Trinajstić information content (AvgIpc) is 2.88. The zero-order chi connectivity index (χ0) is 16.8. The molecule has 0 aliphatic carbocycles. The molecule has 1 saturated heterocycles. The topological polar surface area (TPSA) is 41.1 Å². The highest BCUT2D eigenvalue weighted by Crippen LogP contribution is 2.23. The van der Waals surface area contributed by atoms with Gasteiger partial charge in [0.1, 0.15) is 12.1 Å². The zero-order valence-electron chi connectivity index (χ0n) is 13.6. The van der Waals surface area contributed by atoms with Crippen molar-refractivity contribution in [2.75, 3.05) is 13.1 Å². The van der Waals surface area contributed by atoms with E-state index >= 15 is 0 Å². The normalized spacial score (nSPS) is 18.5. The van der Waals surface area contributed by atoms with Crippen molar-refractivity contribution in [2.45, 2.75) is 38.4 Å². The summed E-state index contributed by atoms with van der Waals surface area (Å²) >= 11 is 5.95. The largest absolute Gasteiger partial charge is 0.317 e. The van der Waals surface area contributed by atoms with Gasteiger partial charge in [0.15, 0.2) is 0 Å². The number of halogens is 2. The first-order chi connectivity index (χ1) is 11.7. The van der Waals surface area contributed by atoms with Crippen molar-refractivity contribution in [3.8, 4) is 0 Å². The standard InChI is InChI=1S/C18H22ClFN4/c19-17-5-1-3-15(18(17)20)12-24(11-14-9-22-13-23-10-14)16-4-2-7-21-8-6-16/h1,3,5,9-10,13,16,21H,2,4,6-8,11-12H2. The minimum Gasteiger partial charge on any atom is -0.317 e. The Kier molecular flexibility index (Phi) is 6.12. The lowest BCUT2D eigenvalue weighted by atomic mass is 10.0. The molecule has 0 amide bonds. The molecule has 6 heteroatoms. The number of aromatic nitrogens is 2. The first kappa shape index (κ1) is 17.3. The second kappa shape index (κ2) is 8.51. The monoisotopic (exact) mass is 348 g/mol. The van der Waals surface area contributed by atoms with Crippen molar-refractivity contribution in [1.29, 1.82) is 0 Å². The fraction of sp³-hybridized carbons (Fsp3) is 0.444. The summed E-state index contributed by atoms with van der Waals surface area (Å²) in [6.07, 6.45) is 8.45. The molecular formula is C18H22ClFN4. The van der Waals surface area contributed by atoms with Crippen molar-refractivity contribution >= 4 is 11.6 Å². The van der Waals surface area contributed by atoms with Crippen LogP contribution in [0.5, 0.6) is 0 Å². The van der Waals surface area contributed by atoms with Crippen LogP contribution in [0.25, 0.3) is 0 Å². The molecule has 1 unspecified atom stereocenters. The van der Waals surface area contributed by atoms with Gasteiger partial charge < -0.3 is 5.32 Å². The molecule has 4 nitrogen and oxygen atoms in total. The highest BCUT2D eigenvalue weighted by Gasteiger charge is 2.22. The second-order valence-electron chi connectivity index (χ2n) is 6.20. The molecule has 2 aromatic rings. The summed E-state index contributed by atoms with van der Waals surface area (Å²) in [5, 5.41) is 3.61. The van der Waals surface area contributed by atoms with Crippen LogP contribution in [-0.2, 0) is 13.1 Å². The van der Waals surface area contributed by atoms with Crippen LogP contribution in [0.4, 0.5) is 4.39 Å². The zero-order valence-corrected chi connectivity index (χ0v) is 14.3. The number of hydrogen-bond donors (Lipinski definition) is 1. The number of rotatable bonds is 5. The van der Waals surface area contributed by atoms with Crippen molar-refractivity contribution in [3.63, 3.8) is 0 Å². The van der Waals surface area contributed by atoms with E-state index in [2.05, 4.69) is 20.2 Å². The van der Waals surface area contributed by atoms with Gasteiger partial charge in [0.25, 0.3) is 0 Å². The third-order valence-electron chi connectivity index (χ3n) is 4.47. The van der Waals surface area contributed by atoms with Gasteiger partial charge in [0.05, 0.1) is 5.02 Å². The number of nitrogens with zero attached hydrogens (tertiary/aromatic N) is 3. The van der Waals surface area contributed by atoms with Gasteiger partial charge in [-0.05, 0) is 38.4 Å². The summed E-state index contributed by atoms with van der Waals surface area (Å²) in [6.45, 7) is 3.28. The van der Waals surface area contributed by atoms with Gasteiger partial charge in [0, 0.05) is 42.7 Å². The Morgan fingerprint density at radius 2 is 2.00 bits per heavy atom. The molecule has 128 valence electrons. The highest BCUT2D eigenvalue weighted by molar-refractivity contribution is 6.30. The number of hydrogen-bond acceptors (Lipinski definition) is 4. The summed E-state index contributed by atoms with van der Waals surface area (Å²) in [7, 11) is 0. The van der Waals surface area contributed by atoms with Gasteiger partial charge in [-0.25, -0.2) is 14.4 Å². The summed E-state index contributed by atoms with van der Waals surface area (Å²) in [5.41, 5.74) is 1.67. The third-order valence-corrected chi connectivity index (χ3v) is 4.76. The van der Waals surface area contributed by atoms with E-state index in [0.29, 0.717) is 24.7 Å². The molecule has 0 spiro atoms. The van der Waals surface area contributed by atoms with Gasteiger partial charge in [-0.3, -0.25) is 4.90 Å². The third kappa shape index (κ3) is 4.50. The van der Waals surface area contributed by atoms with Crippen LogP contribution in [0.3, 0.4) is 0 Å². The Labute approximate surface area is 147 Å². The molecule has 0 bridgehead atoms. The van der Waals surface area contributed by atoms with Crippen LogP contribution < -0.4 is 5.32 Å².